The molecule has 21 heavy (non-hydrogen) atoms. The van der Waals surface area contributed by atoms with E-state index in [1.807, 2.05) is 6.92 Å². The highest BCUT2D eigenvalue weighted by molar-refractivity contribution is 5.81. The molecule has 1 fully saturated rings. The quantitative estimate of drug-likeness (QED) is 0.733. The first-order valence-electron chi connectivity index (χ1n) is 8.44. The summed E-state index contributed by atoms with van der Waals surface area (Å²) in [7, 11) is 0. The number of carbonyl (C=O) groups is 1. The fourth-order valence-corrected chi connectivity index (χ4v) is 2.71. The Balaban J connectivity index is 2.44. The van der Waals surface area contributed by atoms with Crippen LogP contribution in [0.25, 0.3) is 0 Å². The van der Waals surface area contributed by atoms with Crippen LogP contribution < -0.4 is 11.1 Å². The summed E-state index contributed by atoms with van der Waals surface area (Å²) >= 11 is 0. The predicted octanol–water partition coefficient (Wildman–Crippen LogP) is 0.892. The molecule has 3 unspecified atom stereocenters. The summed E-state index contributed by atoms with van der Waals surface area (Å²) in [5, 5.41) is 3.09. The van der Waals surface area contributed by atoms with Crippen LogP contribution in [-0.2, 0) is 4.79 Å². The van der Waals surface area contributed by atoms with E-state index in [2.05, 4.69) is 35.9 Å². The lowest BCUT2D eigenvalue weighted by Crippen LogP contribution is -2.48. The Morgan fingerprint density at radius 2 is 1.90 bits per heavy atom. The number of nitrogens with one attached hydrogen (secondary N) is 1. The Hall–Kier alpha value is -0.650. The molecule has 0 aliphatic carbocycles. The minimum absolute atomic E-state index is 0.0362. The highest BCUT2D eigenvalue weighted by atomic mass is 16.2. The first-order chi connectivity index (χ1) is 9.97. The average Bonchev–Trinajstić information content (AvgIpc) is 2.71. The van der Waals surface area contributed by atoms with Gasteiger partial charge in [0, 0.05) is 32.2 Å². The van der Waals surface area contributed by atoms with Gasteiger partial charge in [0.1, 0.15) is 0 Å². The maximum Gasteiger partial charge on any atom is 0.237 e. The normalized spacial score (nSPS) is 22.3. The molecule has 3 N–H and O–H groups in total. The highest BCUT2D eigenvalue weighted by Gasteiger charge is 2.24. The van der Waals surface area contributed by atoms with Crippen LogP contribution in [-0.4, -0.2) is 67.1 Å². The molecule has 0 bridgehead atoms. The van der Waals surface area contributed by atoms with Gasteiger partial charge in [0.2, 0.25) is 5.91 Å². The summed E-state index contributed by atoms with van der Waals surface area (Å²) in [6.07, 6.45) is 2.10. The Bertz CT molecular complexity index is 311. The molecule has 0 radical (unpaired) electrons. The van der Waals surface area contributed by atoms with Crippen molar-refractivity contribution in [2.24, 2.45) is 11.7 Å². The van der Waals surface area contributed by atoms with Crippen molar-refractivity contribution in [2.75, 3.05) is 39.3 Å². The van der Waals surface area contributed by atoms with Crippen LogP contribution in [0.1, 0.15) is 40.5 Å². The first-order valence-corrected chi connectivity index (χ1v) is 8.44. The second kappa shape index (κ2) is 9.38. The van der Waals surface area contributed by atoms with Crippen LogP contribution in [0.15, 0.2) is 0 Å². The van der Waals surface area contributed by atoms with Crippen LogP contribution in [0.4, 0.5) is 0 Å². The summed E-state index contributed by atoms with van der Waals surface area (Å²) in [5.41, 5.74) is 5.71. The monoisotopic (exact) mass is 298 g/mol. The van der Waals surface area contributed by atoms with Crippen LogP contribution in [0.5, 0.6) is 0 Å². The van der Waals surface area contributed by atoms with Gasteiger partial charge in [0.15, 0.2) is 0 Å². The van der Waals surface area contributed by atoms with Gasteiger partial charge in [-0.05, 0) is 45.7 Å². The zero-order valence-electron chi connectivity index (χ0n) is 14.3. The minimum Gasteiger partial charge on any atom is -0.352 e. The zero-order valence-corrected chi connectivity index (χ0v) is 14.3. The van der Waals surface area contributed by atoms with E-state index in [9.17, 15) is 4.79 Å². The molecule has 1 aliphatic rings. The maximum atomic E-state index is 12.2. The largest absolute Gasteiger partial charge is 0.352 e. The third kappa shape index (κ3) is 6.32. The van der Waals surface area contributed by atoms with E-state index in [-0.39, 0.29) is 18.0 Å². The number of nitrogens with two attached hydrogens (primary N) is 1. The molecule has 0 aromatic carbocycles. The third-order valence-electron chi connectivity index (χ3n) is 4.52. The lowest BCUT2D eigenvalue weighted by molar-refractivity contribution is -0.126. The van der Waals surface area contributed by atoms with Crippen LogP contribution in [0, 0.1) is 5.92 Å². The molecule has 124 valence electrons. The fourth-order valence-electron chi connectivity index (χ4n) is 2.71. The molecule has 0 aromatic heterocycles. The smallest absolute Gasteiger partial charge is 0.237 e. The highest BCUT2D eigenvalue weighted by Crippen LogP contribution is 2.09. The van der Waals surface area contributed by atoms with Gasteiger partial charge < -0.3 is 16.0 Å². The first kappa shape index (κ1) is 18.4. The molecule has 1 aliphatic heterocycles. The molecular weight excluding hydrogens is 264 g/mol. The molecule has 1 amide bonds. The fraction of sp³-hybridized carbons (Fsp3) is 0.938. The van der Waals surface area contributed by atoms with Gasteiger partial charge in [0.25, 0.3) is 0 Å². The maximum absolute atomic E-state index is 12.2. The molecule has 1 heterocycles. The molecule has 5 nitrogen and oxygen atoms in total. The molecule has 0 spiro atoms. The van der Waals surface area contributed by atoms with Crippen molar-refractivity contribution >= 4 is 5.91 Å². The summed E-state index contributed by atoms with van der Waals surface area (Å²) in [6, 6.07) is 0.222. The summed E-state index contributed by atoms with van der Waals surface area (Å²) in [6.45, 7) is 14.3. The summed E-state index contributed by atoms with van der Waals surface area (Å²) in [4.78, 5) is 17.0. The molecule has 1 saturated heterocycles. The van der Waals surface area contributed by atoms with E-state index in [0.717, 1.165) is 52.1 Å². The Morgan fingerprint density at radius 1 is 1.19 bits per heavy atom. The zero-order chi connectivity index (χ0) is 15.8. The van der Waals surface area contributed by atoms with E-state index in [4.69, 9.17) is 5.73 Å². The standard InChI is InChI=1S/C16H34N4O/c1-5-14(3)18-16(21)15(4)20-8-6-7-19(9-10-20)12-13(2)11-17/h13-15H,5-12,17H2,1-4H3,(H,18,21). The molecule has 1 rings (SSSR count). The second-order valence-corrected chi connectivity index (χ2v) is 6.52. The van der Waals surface area contributed by atoms with Crippen molar-refractivity contribution in [3.05, 3.63) is 0 Å². The van der Waals surface area contributed by atoms with Crippen molar-refractivity contribution in [3.63, 3.8) is 0 Å². The van der Waals surface area contributed by atoms with Gasteiger partial charge in [-0.3, -0.25) is 9.69 Å². The lowest BCUT2D eigenvalue weighted by Gasteiger charge is -2.28. The van der Waals surface area contributed by atoms with Crippen LogP contribution in [0.2, 0.25) is 0 Å². The molecule has 0 saturated carbocycles. The van der Waals surface area contributed by atoms with Gasteiger partial charge >= 0.3 is 0 Å². The number of amides is 1. The van der Waals surface area contributed by atoms with Crippen molar-refractivity contribution in [2.45, 2.75) is 52.6 Å². The number of hydrogen-bond acceptors (Lipinski definition) is 4. The van der Waals surface area contributed by atoms with Crippen molar-refractivity contribution in [3.8, 4) is 0 Å². The number of nitrogens with zero attached hydrogens (tertiary/aromatic N) is 2. The van der Waals surface area contributed by atoms with Crippen LogP contribution >= 0.6 is 0 Å². The van der Waals surface area contributed by atoms with Gasteiger partial charge in [-0.25, -0.2) is 0 Å². The molecule has 3 atom stereocenters. The lowest BCUT2D eigenvalue weighted by atomic mass is 10.1. The van der Waals surface area contributed by atoms with E-state index in [0.29, 0.717) is 5.92 Å². The third-order valence-corrected chi connectivity index (χ3v) is 4.52. The number of carbonyl (C=O) groups excluding carboxylic acids is 1. The molecule has 5 heteroatoms. The van der Waals surface area contributed by atoms with Gasteiger partial charge in [-0.15, -0.1) is 0 Å². The van der Waals surface area contributed by atoms with Crippen molar-refractivity contribution in [1.82, 2.24) is 15.1 Å². The Kier molecular flexibility index (Phi) is 8.22. The number of rotatable bonds is 7. The predicted molar refractivity (Wildman–Crippen MR) is 88.2 cm³/mol. The molecule has 0 aromatic rings. The van der Waals surface area contributed by atoms with E-state index in [1.165, 1.54) is 0 Å². The van der Waals surface area contributed by atoms with E-state index >= 15 is 0 Å². The SMILES string of the molecule is CCC(C)NC(=O)C(C)N1CCCN(CC(C)CN)CC1. The van der Waals surface area contributed by atoms with Crippen molar-refractivity contribution < 1.29 is 4.79 Å². The Labute approximate surface area is 130 Å². The second-order valence-electron chi connectivity index (χ2n) is 6.52. The van der Waals surface area contributed by atoms with E-state index < -0.39 is 0 Å². The topological polar surface area (TPSA) is 61.6 Å². The Morgan fingerprint density at radius 3 is 2.52 bits per heavy atom. The van der Waals surface area contributed by atoms with Gasteiger partial charge in [-0.2, -0.15) is 0 Å². The van der Waals surface area contributed by atoms with Gasteiger partial charge in [-0.1, -0.05) is 13.8 Å². The number of hydrogen-bond donors (Lipinski definition) is 2. The van der Waals surface area contributed by atoms with E-state index in [1.54, 1.807) is 0 Å². The van der Waals surface area contributed by atoms with Crippen molar-refractivity contribution in [1.29, 1.82) is 0 Å². The molecular formula is C16H34N4O. The minimum atomic E-state index is -0.0362. The van der Waals surface area contributed by atoms with Gasteiger partial charge in [0.05, 0.1) is 6.04 Å². The summed E-state index contributed by atoms with van der Waals surface area (Å²) < 4.78 is 0. The summed E-state index contributed by atoms with van der Waals surface area (Å²) in [5.74, 6) is 0.704. The van der Waals surface area contributed by atoms with Crippen LogP contribution in [0.3, 0.4) is 0 Å². The average molecular weight is 298 g/mol.